The van der Waals surface area contributed by atoms with Crippen LogP contribution >= 0.6 is 0 Å². The first-order valence-corrected chi connectivity index (χ1v) is 4.02. The first-order chi connectivity index (χ1) is 6.09. The van der Waals surface area contributed by atoms with E-state index in [2.05, 4.69) is 0 Å². The van der Waals surface area contributed by atoms with Crippen molar-refractivity contribution in [3.8, 4) is 0 Å². The van der Waals surface area contributed by atoms with Gasteiger partial charge in [0.25, 0.3) is 0 Å². The van der Waals surface area contributed by atoms with Gasteiger partial charge in [-0.25, -0.2) is 4.39 Å². The van der Waals surface area contributed by atoms with Gasteiger partial charge in [0.2, 0.25) is 0 Å². The van der Waals surface area contributed by atoms with E-state index in [0.717, 1.165) is 0 Å². The number of benzene rings is 1. The Labute approximate surface area is 76.0 Å². The van der Waals surface area contributed by atoms with Crippen molar-refractivity contribution in [3.05, 3.63) is 35.6 Å². The fourth-order valence-corrected chi connectivity index (χ4v) is 1.08. The van der Waals surface area contributed by atoms with Crippen molar-refractivity contribution < 1.29 is 14.3 Å². The van der Waals surface area contributed by atoms with Crippen LogP contribution in [0.25, 0.3) is 0 Å². The van der Waals surface area contributed by atoms with Crippen LogP contribution in [-0.4, -0.2) is 10.9 Å². The van der Waals surface area contributed by atoms with Gasteiger partial charge in [0.15, 0.2) is 0 Å². The van der Waals surface area contributed by atoms with Crippen LogP contribution < -0.4 is 0 Å². The Morgan fingerprint density at radius 1 is 1.46 bits per heavy atom. The molecule has 0 aliphatic heterocycles. The van der Waals surface area contributed by atoms with Crippen molar-refractivity contribution in [2.24, 2.45) is 0 Å². The highest BCUT2D eigenvalue weighted by atomic mass is 19.1. The maximum atomic E-state index is 12.5. The lowest BCUT2D eigenvalue weighted by Crippen LogP contribution is -2.02. The topological polar surface area (TPSA) is 37.3 Å². The summed E-state index contributed by atoms with van der Waals surface area (Å²) in [4.78, 5) is 10.7. The maximum absolute atomic E-state index is 12.5. The van der Waals surface area contributed by atoms with E-state index in [1.54, 1.807) is 0 Å². The molecule has 0 aromatic heterocycles. The van der Waals surface area contributed by atoms with Gasteiger partial charge in [-0.1, -0.05) is 12.1 Å². The normalized spacial score (nSPS) is 12.5. The first-order valence-electron chi connectivity index (χ1n) is 4.02. The largest absolute Gasteiger partial charge is 0.388 e. The molecule has 0 aliphatic rings. The molecule has 0 unspecified atom stereocenters. The lowest BCUT2D eigenvalue weighted by Gasteiger charge is -2.07. The number of ketones is 1. The standard InChI is InChI=1S/C10H11FO2/c1-7(12)6-10(13)8-2-4-9(11)5-3-8/h2-5,10,13H,6H2,1H3/t10-/m1/s1. The number of Topliss-reactive ketones (excluding diaryl/α,β-unsaturated/α-hetero) is 1. The van der Waals surface area contributed by atoms with Crippen LogP contribution in [0, 0.1) is 5.82 Å². The summed E-state index contributed by atoms with van der Waals surface area (Å²) in [5.41, 5.74) is 0.566. The summed E-state index contributed by atoms with van der Waals surface area (Å²) in [7, 11) is 0. The molecular weight excluding hydrogens is 171 g/mol. The van der Waals surface area contributed by atoms with Crippen molar-refractivity contribution in [2.75, 3.05) is 0 Å². The minimum absolute atomic E-state index is 0.0750. The van der Waals surface area contributed by atoms with Crippen molar-refractivity contribution in [1.29, 1.82) is 0 Å². The van der Waals surface area contributed by atoms with E-state index in [1.165, 1.54) is 31.2 Å². The summed E-state index contributed by atoms with van der Waals surface area (Å²) in [5, 5.41) is 9.44. The van der Waals surface area contributed by atoms with Crippen LogP contribution in [0.2, 0.25) is 0 Å². The third-order valence-corrected chi connectivity index (χ3v) is 1.74. The van der Waals surface area contributed by atoms with E-state index < -0.39 is 6.10 Å². The molecular formula is C10H11FO2. The Hall–Kier alpha value is -1.22. The Bertz CT molecular complexity index is 292. The first kappa shape index (κ1) is 9.86. The highest BCUT2D eigenvalue weighted by molar-refractivity contribution is 5.76. The third-order valence-electron chi connectivity index (χ3n) is 1.74. The summed E-state index contributed by atoms with van der Waals surface area (Å²) in [5.74, 6) is -0.435. The molecule has 2 nitrogen and oxygen atoms in total. The number of aliphatic hydroxyl groups is 1. The molecule has 0 radical (unpaired) electrons. The molecule has 1 aromatic rings. The van der Waals surface area contributed by atoms with Crippen LogP contribution in [-0.2, 0) is 4.79 Å². The molecule has 0 saturated heterocycles. The number of carbonyl (C=O) groups is 1. The van der Waals surface area contributed by atoms with Gasteiger partial charge in [0.1, 0.15) is 11.6 Å². The van der Waals surface area contributed by atoms with Gasteiger partial charge >= 0.3 is 0 Å². The van der Waals surface area contributed by atoms with Crippen LogP contribution in [0.4, 0.5) is 4.39 Å². The van der Waals surface area contributed by atoms with E-state index in [4.69, 9.17) is 0 Å². The zero-order valence-corrected chi connectivity index (χ0v) is 7.33. The molecule has 0 saturated carbocycles. The fraction of sp³-hybridized carbons (Fsp3) is 0.300. The summed E-state index contributed by atoms with van der Waals surface area (Å²) in [6.45, 7) is 1.41. The van der Waals surface area contributed by atoms with E-state index >= 15 is 0 Å². The molecule has 1 atom stereocenters. The highest BCUT2D eigenvalue weighted by Crippen LogP contribution is 2.16. The molecule has 1 rings (SSSR count). The molecule has 1 N–H and O–H groups in total. The summed E-state index contributed by atoms with van der Waals surface area (Å²) in [6, 6.07) is 5.48. The predicted octanol–water partition coefficient (Wildman–Crippen LogP) is 1.84. The number of aliphatic hydroxyl groups excluding tert-OH is 1. The molecule has 1 aromatic carbocycles. The zero-order valence-electron chi connectivity index (χ0n) is 7.33. The summed E-state index contributed by atoms with van der Waals surface area (Å²) in [6.07, 6.45) is -0.746. The number of rotatable bonds is 3. The molecule has 0 fully saturated rings. The van der Waals surface area contributed by atoms with Gasteiger partial charge in [0, 0.05) is 6.42 Å². The molecule has 0 amide bonds. The molecule has 0 spiro atoms. The highest BCUT2D eigenvalue weighted by Gasteiger charge is 2.09. The minimum atomic E-state index is -0.821. The van der Waals surface area contributed by atoms with Gasteiger partial charge in [-0.3, -0.25) is 4.79 Å². The fourth-order valence-electron chi connectivity index (χ4n) is 1.08. The second-order valence-corrected chi connectivity index (χ2v) is 2.97. The van der Waals surface area contributed by atoms with E-state index in [9.17, 15) is 14.3 Å². The monoisotopic (exact) mass is 182 g/mol. The van der Waals surface area contributed by atoms with Gasteiger partial charge in [-0.15, -0.1) is 0 Å². The molecule has 3 heteroatoms. The van der Waals surface area contributed by atoms with Gasteiger partial charge in [-0.05, 0) is 24.6 Å². The van der Waals surface area contributed by atoms with E-state index in [-0.39, 0.29) is 18.0 Å². The Balaban J connectivity index is 2.71. The number of carbonyl (C=O) groups excluding carboxylic acids is 1. The Morgan fingerprint density at radius 2 is 2.00 bits per heavy atom. The quantitative estimate of drug-likeness (QED) is 0.774. The van der Waals surface area contributed by atoms with Gasteiger partial charge in [-0.2, -0.15) is 0 Å². The average molecular weight is 182 g/mol. The smallest absolute Gasteiger partial charge is 0.132 e. The molecule has 0 aliphatic carbocycles. The maximum Gasteiger partial charge on any atom is 0.132 e. The van der Waals surface area contributed by atoms with Crippen molar-refractivity contribution >= 4 is 5.78 Å². The van der Waals surface area contributed by atoms with Crippen molar-refractivity contribution in [1.82, 2.24) is 0 Å². The molecule has 0 bridgehead atoms. The second-order valence-electron chi connectivity index (χ2n) is 2.97. The average Bonchev–Trinajstić information content (AvgIpc) is 2.04. The number of halogens is 1. The Morgan fingerprint density at radius 3 is 2.46 bits per heavy atom. The molecule has 0 heterocycles. The van der Waals surface area contributed by atoms with Crippen LogP contribution in [0.5, 0.6) is 0 Å². The lowest BCUT2D eigenvalue weighted by molar-refractivity contribution is -0.118. The summed E-state index contributed by atoms with van der Waals surface area (Å²) < 4.78 is 12.5. The Kier molecular flexibility index (Phi) is 3.14. The SMILES string of the molecule is CC(=O)C[C@@H](O)c1ccc(F)cc1. The van der Waals surface area contributed by atoms with Crippen LogP contribution in [0.15, 0.2) is 24.3 Å². The van der Waals surface area contributed by atoms with Crippen LogP contribution in [0.3, 0.4) is 0 Å². The third kappa shape index (κ3) is 2.95. The van der Waals surface area contributed by atoms with Crippen molar-refractivity contribution in [3.63, 3.8) is 0 Å². The van der Waals surface area contributed by atoms with Gasteiger partial charge < -0.3 is 5.11 Å². The van der Waals surface area contributed by atoms with Crippen LogP contribution in [0.1, 0.15) is 25.0 Å². The minimum Gasteiger partial charge on any atom is -0.388 e. The number of hydrogen-bond acceptors (Lipinski definition) is 2. The zero-order chi connectivity index (χ0) is 9.84. The molecule has 70 valence electrons. The predicted molar refractivity (Wildman–Crippen MR) is 46.7 cm³/mol. The summed E-state index contributed by atoms with van der Waals surface area (Å²) >= 11 is 0. The van der Waals surface area contributed by atoms with Crippen molar-refractivity contribution in [2.45, 2.75) is 19.4 Å². The second kappa shape index (κ2) is 4.14. The molecule has 13 heavy (non-hydrogen) atoms. The van der Waals surface area contributed by atoms with E-state index in [0.29, 0.717) is 5.56 Å². The van der Waals surface area contributed by atoms with Gasteiger partial charge in [0.05, 0.1) is 6.10 Å². The number of hydrogen-bond donors (Lipinski definition) is 1. The lowest BCUT2D eigenvalue weighted by atomic mass is 10.1. The van der Waals surface area contributed by atoms with E-state index in [1.807, 2.05) is 0 Å².